The largest absolute Gasteiger partial charge is 0.467 e. The second kappa shape index (κ2) is 6.50. The predicted molar refractivity (Wildman–Crippen MR) is 74.7 cm³/mol. The van der Waals surface area contributed by atoms with E-state index in [9.17, 15) is 4.79 Å². The van der Waals surface area contributed by atoms with E-state index in [-0.39, 0.29) is 5.97 Å². The molecule has 4 nitrogen and oxygen atoms in total. The topological polar surface area (TPSA) is 64.3 Å². The molecule has 18 heavy (non-hydrogen) atoms. The first-order valence-corrected chi connectivity index (χ1v) is 6.21. The lowest BCUT2D eigenvalue weighted by Gasteiger charge is -2.21. The molecule has 1 rings (SSSR count). The first-order valence-electron chi connectivity index (χ1n) is 5.84. The van der Waals surface area contributed by atoms with Crippen LogP contribution in [-0.2, 0) is 9.53 Å². The molecule has 3 N–H and O–H groups in total. The van der Waals surface area contributed by atoms with Crippen molar-refractivity contribution in [1.29, 1.82) is 0 Å². The number of nitrogens with two attached hydrogens (primary N) is 1. The minimum absolute atomic E-state index is 0.317. The van der Waals surface area contributed by atoms with Crippen molar-refractivity contribution in [2.75, 3.05) is 18.2 Å². The van der Waals surface area contributed by atoms with Crippen molar-refractivity contribution in [2.24, 2.45) is 5.92 Å². The summed E-state index contributed by atoms with van der Waals surface area (Å²) in [4.78, 5) is 11.7. The van der Waals surface area contributed by atoms with Crippen molar-refractivity contribution in [3.05, 3.63) is 23.2 Å². The molecule has 0 heterocycles. The molecule has 0 spiro atoms. The molecule has 0 saturated heterocycles. The van der Waals surface area contributed by atoms with Gasteiger partial charge < -0.3 is 15.8 Å². The molecule has 1 aromatic carbocycles. The predicted octanol–water partition coefficient (Wildman–Crippen LogP) is 2.92. The molecule has 1 atom stereocenters. The van der Waals surface area contributed by atoms with E-state index >= 15 is 0 Å². The third-order valence-corrected chi connectivity index (χ3v) is 2.87. The van der Waals surface area contributed by atoms with Crippen molar-refractivity contribution in [1.82, 2.24) is 0 Å². The van der Waals surface area contributed by atoms with E-state index in [1.807, 2.05) is 13.8 Å². The van der Waals surface area contributed by atoms with Gasteiger partial charge in [0.2, 0.25) is 0 Å². The molecule has 0 radical (unpaired) electrons. The number of carbonyl (C=O) groups excluding carboxylic acids is 1. The molecule has 0 aliphatic heterocycles. The van der Waals surface area contributed by atoms with E-state index in [1.54, 1.807) is 18.2 Å². The standard InChI is InChI=1S/C13H19ClN2O2/c1-8(2)7-11(13(17)18-3)16-12-9(14)5-4-6-10(12)15/h4-6,8,11,16H,7,15H2,1-3H3. The maximum absolute atomic E-state index is 11.7. The maximum atomic E-state index is 11.7. The molecule has 0 amide bonds. The number of nitrogens with one attached hydrogen (secondary N) is 1. The molecular weight excluding hydrogens is 252 g/mol. The quantitative estimate of drug-likeness (QED) is 0.638. The number of nitrogen functional groups attached to an aromatic ring is 1. The normalized spacial score (nSPS) is 12.3. The molecule has 5 heteroatoms. The van der Waals surface area contributed by atoms with Crippen LogP contribution in [0.2, 0.25) is 5.02 Å². The van der Waals surface area contributed by atoms with E-state index in [1.165, 1.54) is 7.11 Å². The van der Waals surface area contributed by atoms with Crippen LogP contribution in [0, 0.1) is 5.92 Å². The van der Waals surface area contributed by atoms with Gasteiger partial charge in [-0.25, -0.2) is 4.79 Å². The van der Waals surface area contributed by atoms with Crippen LogP contribution < -0.4 is 11.1 Å². The Morgan fingerprint density at radius 1 is 1.50 bits per heavy atom. The summed E-state index contributed by atoms with van der Waals surface area (Å²) in [7, 11) is 1.37. The molecule has 0 saturated carbocycles. The lowest BCUT2D eigenvalue weighted by Crippen LogP contribution is -2.32. The minimum Gasteiger partial charge on any atom is -0.467 e. The fraction of sp³-hybridized carbons (Fsp3) is 0.462. The zero-order valence-electron chi connectivity index (χ0n) is 10.9. The highest BCUT2D eigenvalue weighted by atomic mass is 35.5. The number of halogens is 1. The van der Waals surface area contributed by atoms with Crippen molar-refractivity contribution < 1.29 is 9.53 Å². The summed E-state index contributed by atoms with van der Waals surface area (Å²) in [5.74, 6) is 0.0355. The third kappa shape index (κ3) is 3.81. The van der Waals surface area contributed by atoms with E-state index in [2.05, 4.69) is 5.32 Å². The van der Waals surface area contributed by atoms with Gasteiger partial charge in [0, 0.05) is 0 Å². The summed E-state index contributed by atoms with van der Waals surface area (Å²) in [5.41, 5.74) is 6.94. The van der Waals surface area contributed by atoms with Gasteiger partial charge in [0.05, 0.1) is 23.5 Å². The van der Waals surface area contributed by atoms with Crippen LogP contribution in [0.3, 0.4) is 0 Å². The summed E-state index contributed by atoms with van der Waals surface area (Å²) in [5, 5.41) is 3.56. The zero-order valence-corrected chi connectivity index (χ0v) is 11.6. The summed E-state index contributed by atoms with van der Waals surface area (Å²) >= 11 is 6.06. The van der Waals surface area contributed by atoms with E-state index < -0.39 is 6.04 Å². The van der Waals surface area contributed by atoms with Gasteiger partial charge in [0.25, 0.3) is 0 Å². The van der Waals surface area contributed by atoms with Crippen LogP contribution in [0.4, 0.5) is 11.4 Å². The van der Waals surface area contributed by atoms with Gasteiger partial charge in [-0.3, -0.25) is 0 Å². The Morgan fingerprint density at radius 3 is 2.67 bits per heavy atom. The average molecular weight is 271 g/mol. The number of benzene rings is 1. The Bertz CT molecular complexity index is 401. The molecule has 0 bridgehead atoms. The Hall–Kier alpha value is -1.42. The molecule has 1 unspecified atom stereocenters. The number of carbonyl (C=O) groups is 1. The SMILES string of the molecule is COC(=O)C(CC(C)C)Nc1c(N)cccc1Cl. The highest BCUT2D eigenvalue weighted by Gasteiger charge is 2.21. The number of anilines is 2. The molecule has 0 fully saturated rings. The Labute approximate surface area is 112 Å². The molecule has 1 aromatic rings. The number of ether oxygens (including phenoxy) is 1. The minimum atomic E-state index is -0.447. The Morgan fingerprint density at radius 2 is 2.17 bits per heavy atom. The fourth-order valence-corrected chi connectivity index (χ4v) is 1.93. The van der Waals surface area contributed by atoms with Crippen LogP contribution in [0.1, 0.15) is 20.3 Å². The number of hydrogen-bond acceptors (Lipinski definition) is 4. The Kier molecular flexibility index (Phi) is 5.28. The highest BCUT2D eigenvalue weighted by Crippen LogP contribution is 2.29. The van der Waals surface area contributed by atoms with E-state index in [0.29, 0.717) is 28.7 Å². The number of hydrogen-bond donors (Lipinski definition) is 2. The zero-order chi connectivity index (χ0) is 13.7. The second-order valence-corrected chi connectivity index (χ2v) is 4.96. The average Bonchev–Trinajstić information content (AvgIpc) is 2.31. The summed E-state index contributed by atoms with van der Waals surface area (Å²) < 4.78 is 4.78. The van der Waals surface area contributed by atoms with Crippen LogP contribution in [0.15, 0.2) is 18.2 Å². The number of rotatable bonds is 5. The van der Waals surface area contributed by atoms with Gasteiger partial charge >= 0.3 is 5.97 Å². The lowest BCUT2D eigenvalue weighted by atomic mass is 10.0. The lowest BCUT2D eigenvalue weighted by molar-refractivity contribution is -0.141. The van der Waals surface area contributed by atoms with Gasteiger partial charge in [-0.1, -0.05) is 31.5 Å². The Balaban J connectivity index is 2.92. The first kappa shape index (κ1) is 14.6. The van der Waals surface area contributed by atoms with Crippen LogP contribution in [0.25, 0.3) is 0 Å². The number of para-hydroxylation sites is 1. The van der Waals surface area contributed by atoms with Gasteiger partial charge in [0.1, 0.15) is 6.04 Å². The molecule has 100 valence electrons. The third-order valence-electron chi connectivity index (χ3n) is 2.56. The van der Waals surface area contributed by atoms with E-state index in [4.69, 9.17) is 22.1 Å². The first-order chi connectivity index (χ1) is 8.45. The second-order valence-electron chi connectivity index (χ2n) is 4.55. The van der Waals surface area contributed by atoms with Crippen molar-refractivity contribution in [2.45, 2.75) is 26.3 Å². The summed E-state index contributed by atoms with van der Waals surface area (Å²) in [6.07, 6.45) is 0.650. The molecule has 0 aromatic heterocycles. The number of esters is 1. The maximum Gasteiger partial charge on any atom is 0.328 e. The highest BCUT2D eigenvalue weighted by molar-refractivity contribution is 6.34. The summed E-state index contributed by atoms with van der Waals surface area (Å²) in [6.45, 7) is 4.07. The van der Waals surface area contributed by atoms with Crippen molar-refractivity contribution in [3.63, 3.8) is 0 Å². The van der Waals surface area contributed by atoms with Crippen LogP contribution in [0.5, 0.6) is 0 Å². The molecule has 0 aliphatic carbocycles. The summed E-state index contributed by atoms with van der Waals surface area (Å²) in [6, 6.07) is 4.78. The van der Waals surface area contributed by atoms with E-state index in [0.717, 1.165) is 0 Å². The van der Waals surface area contributed by atoms with Gasteiger partial charge in [-0.05, 0) is 24.5 Å². The smallest absolute Gasteiger partial charge is 0.328 e. The number of methoxy groups -OCH3 is 1. The van der Waals surface area contributed by atoms with Crippen LogP contribution in [-0.4, -0.2) is 19.1 Å². The molecule has 0 aliphatic rings. The van der Waals surface area contributed by atoms with Gasteiger partial charge in [0.15, 0.2) is 0 Å². The monoisotopic (exact) mass is 270 g/mol. The fourth-order valence-electron chi connectivity index (χ4n) is 1.70. The van der Waals surface area contributed by atoms with Crippen LogP contribution >= 0.6 is 11.6 Å². The van der Waals surface area contributed by atoms with Crippen molar-refractivity contribution in [3.8, 4) is 0 Å². The molecular formula is C13H19ClN2O2. The van der Waals surface area contributed by atoms with Gasteiger partial charge in [-0.15, -0.1) is 0 Å². The van der Waals surface area contributed by atoms with Gasteiger partial charge in [-0.2, -0.15) is 0 Å². The van der Waals surface area contributed by atoms with Crippen molar-refractivity contribution >= 4 is 28.9 Å².